The Labute approximate surface area is 141 Å². The number of hydrogen-bond acceptors (Lipinski definition) is 4. The number of alkyl halides is 3. The predicted octanol–water partition coefficient (Wildman–Crippen LogP) is 3.34. The van der Waals surface area contributed by atoms with Gasteiger partial charge in [0.1, 0.15) is 0 Å². The number of hydrogen-bond donors (Lipinski definition) is 1. The molecule has 1 aromatic rings. The van der Waals surface area contributed by atoms with Crippen LogP contribution in [0.4, 0.5) is 18.0 Å². The van der Waals surface area contributed by atoms with E-state index < -0.39 is 18.9 Å². The SMILES string of the molecule is CC(NC(=O)C1CCN(C(=O)OCC(F)(F)F)CC1)c1cccs1. The van der Waals surface area contributed by atoms with Crippen LogP contribution < -0.4 is 5.32 Å². The van der Waals surface area contributed by atoms with Gasteiger partial charge < -0.3 is 15.0 Å². The van der Waals surface area contributed by atoms with Crippen LogP contribution in [0.2, 0.25) is 0 Å². The maximum Gasteiger partial charge on any atom is 0.422 e. The first-order valence-corrected chi connectivity index (χ1v) is 8.46. The predicted molar refractivity (Wildman–Crippen MR) is 82.6 cm³/mol. The number of nitrogens with one attached hydrogen (secondary N) is 1. The van der Waals surface area contributed by atoms with Gasteiger partial charge in [-0.3, -0.25) is 4.79 Å². The van der Waals surface area contributed by atoms with Crippen LogP contribution in [-0.2, 0) is 9.53 Å². The zero-order valence-corrected chi connectivity index (χ0v) is 14.0. The molecule has 2 heterocycles. The lowest BCUT2D eigenvalue weighted by atomic mass is 9.96. The zero-order chi connectivity index (χ0) is 17.7. The number of carbonyl (C=O) groups excluding carboxylic acids is 2. The largest absolute Gasteiger partial charge is 0.440 e. The Bertz CT molecular complexity index is 555. The number of amides is 2. The number of thiophene rings is 1. The van der Waals surface area contributed by atoms with Crippen LogP contribution in [0.25, 0.3) is 0 Å². The molecule has 0 aliphatic carbocycles. The number of rotatable bonds is 4. The first-order valence-electron chi connectivity index (χ1n) is 7.58. The molecule has 1 N–H and O–H groups in total. The highest BCUT2D eigenvalue weighted by Crippen LogP contribution is 2.22. The highest BCUT2D eigenvalue weighted by Gasteiger charge is 2.33. The number of carbonyl (C=O) groups is 2. The summed E-state index contributed by atoms with van der Waals surface area (Å²) in [6, 6.07) is 3.76. The first kappa shape index (κ1) is 18.6. The summed E-state index contributed by atoms with van der Waals surface area (Å²) in [7, 11) is 0. The quantitative estimate of drug-likeness (QED) is 0.892. The summed E-state index contributed by atoms with van der Waals surface area (Å²) in [5.74, 6) is -0.349. The fraction of sp³-hybridized carbons (Fsp3) is 0.600. The van der Waals surface area contributed by atoms with Gasteiger partial charge in [-0.1, -0.05) is 6.07 Å². The molecular weight excluding hydrogens is 345 g/mol. The van der Waals surface area contributed by atoms with E-state index in [1.807, 2.05) is 24.4 Å². The van der Waals surface area contributed by atoms with Crippen LogP contribution in [0.1, 0.15) is 30.7 Å². The van der Waals surface area contributed by atoms with Crippen molar-refractivity contribution in [3.05, 3.63) is 22.4 Å². The third kappa shape index (κ3) is 5.40. The normalized spacial score (nSPS) is 17.4. The number of nitrogens with zero attached hydrogens (tertiary/aromatic N) is 1. The fourth-order valence-corrected chi connectivity index (χ4v) is 3.23. The minimum absolute atomic E-state index is 0.0905. The van der Waals surface area contributed by atoms with Crippen LogP contribution in [0.3, 0.4) is 0 Å². The Morgan fingerprint density at radius 2 is 2.08 bits per heavy atom. The van der Waals surface area contributed by atoms with Gasteiger partial charge in [-0.2, -0.15) is 13.2 Å². The van der Waals surface area contributed by atoms with Crippen LogP contribution >= 0.6 is 11.3 Å². The van der Waals surface area contributed by atoms with E-state index >= 15 is 0 Å². The summed E-state index contributed by atoms with van der Waals surface area (Å²) in [4.78, 5) is 26.1. The molecule has 24 heavy (non-hydrogen) atoms. The van der Waals surface area contributed by atoms with Crippen molar-refractivity contribution in [2.45, 2.75) is 32.0 Å². The number of ether oxygens (including phenoxy) is 1. The van der Waals surface area contributed by atoms with Gasteiger partial charge in [-0.05, 0) is 31.2 Å². The molecule has 1 aromatic heterocycles. The van der Waals surface area contributed by atoms with Crippen molar-refractivity contribution in [1.29, 1.82) is 0 Å². The van der Waals surface area contributed by atoms with Crippen molar-refractivity contribution >= 4 is 23.3 Å². The Balaban J connectivity index is 1.75. The molecule has 0 bridgehead atoms. The number of piperidine rings is 1. The Morgan fingerprint density at radius 3 is 2.62 bits per heavy atom. The van der Waals surface area contributed by atoms with E-state index in [1.165, 1.54) is 4.90 Å². The third-order valence-electron chi connectivity index (χ3n) is 3.81. The van der Waals surface area contributed by atoms with E-state index in [0.29, 0.717) is 12.8 Å². The Morgan fingerprint density at radius 1 is 1.42 bits per heavy atom. The Kier molecular flexibility index (Phi) is 6.09. The van der Waals surface area contributed by atoms with Gasteiger partial charge in [0.2, 0.25) is 5.91 Å². The van der Waals surface area contributed by atoms with E-state index in [4.69, 9.17) is 0 Å². The van der Waals surface area contributed by atoms with Crippen molar-refractivity contribution in [1.82, 2.24) is 10.2 Å². The molecule has 2 amide bonds. The monoisotopic (exact) mass is 364 g/mol. The second-order valence-electron chi connectivity index (χ2n) is 5.68. The molecule has 1 aliphatic rings. The topological polar surface area (TPSA) is 58.6 Å². The molecule has 1 atom stereocenters. The number of halogens is 3. The molecule has 1 saturated heterocycles. The smallest absolute Gasteiger partial charge is 0.422 e. The lowest BCUT2D eigenvalue weighted by Crippen LogP contribution is -2.44. The van der Waals surface area contributed by atoms with E-state index in [9.17, 15) is 22.8 Å². The summed E-state index contributed by atoms with van der Waals surface area (Å²) in [6.45, 7) is 0.724. The van der Waals surface area contributed by atoms with Gasteiger partial charge in [-0.15, -0.1) is 11.3 Å². The van der Waals surface area contributed by atoms with Gasteiger partial charge in [0, 0.05) is 23.9 Å². The van der Waals surface area contributed by atoms with E-state index in [1.54, 1.807) is 11.3 Å². The van der Waals surface area contributed by atoms with Crippen molar-refractivity contribution < 1.29 is 27.5 Å². The standard InChI is InChI=1S/C15H19F3N2O3S/c1-10(12-3-2-8-24-12)19-13(21)11-4-6-20(7-5-11)14(22)23-9-15(16,17)18/h2-3,8,10-11H,4-7,9H2,1H3,(H,19,21). The lowest BCUT2D eigenvalue weighted by molar-refractivity contribution is -0.162. The molecule has 0 spiro atoms. The average Bonchev–Trinajstić information content (AvgIpc) is 3.06. The van der Waals surface area contributed by atoms with Crippen LogP contribution in [-0.4, -0.2) is 42.8 Å². The second-order valence-corrected chi connectivity index (χ2v) is 6.66. The van der Waals surface area contributed by atoms with Crippen molar-refractivity contribution in [3.8, 4) is 0 Å². The van der Waals surface area contributed by atoms with Crippen LogP contribution in [0.15, 0.2) is 17.5 Å². The molecule has 0 radical (unpaired) electrons. The van der Waals surface area contributed by atoms with E-state index in [-0.39, 0.29) is 31.0 Å². The van der Waals surface area contributed by atoms with Gasteiger partial charge in [0.05, 0.1) is 6.04 Å². The summed E-state index contributed by atoms with van der Waals surface area (Å²) in [6.07, 6.45) is -4.71. The third-order valence-corrected chi connectivity index (χ3v) is 4.87. The van der Waals surface area contributed by atoms with Gasteiger partial charge >= 0.3 is 12.3 Å². The highest BCUT2D eigenvalue weighted by atomic mass is 32.1. The van der Waals surface area contributed by atoms with Gasteiger partial charge in [0.15, 0.2) is 6.61 Å². The van der Waals surface area contributed by atoms with Crippen molar-refractivity contribution in [2.75, 3.05) is 19.7 Å². The number of likely N-dealkylation sites (tertiary alicyclic amines) is 1. The Hall–Kier alpha value is -1.77. The maximum absolute atomic E-state index is 12.2. The first-order chi connectivity index (χ1) is 11.3. The minimum Gasteiger partial charge on any atom is -0.440 e. The summed E-state index contributed by atoms with van der Waals surface area (Å²) < 4.78 is 40.3. The van der Waals surface area contributed by atoms with Crippen LogP contribution in [0.5, 0.6) is 0 Å². The molecule has 2 rings (SSSR count). The molecular formula is C15H19F3N2O3S. The van der Waals surface area contributed by atoms with Crippen molar-refractivity contribution in [2.24, 2.45) is 5.92 Å². The molecule has 1 fully saturated rings. The minimum atomic E-state index is -4.54. The zero-order valence-electron chi connectivity index (χ0n) is 13.1. The lowest BCUT2D eigenvalue weighted by Gasteiger charge is -2.31. The highest BCUT2D eigenvalue weighted by molar-refractivity contribution is 7.10. The van der Waals surface area contributed by atoms with Crippen LogP contribution in [0, 0.1) is 5.92 Å². The molecule has 1 unspecified atom stereocenters. The molecule has 1 aliphatic heterocycles. The molecule has 5 nitrogen and oxygen atoms in total. The molecule has 0 aromatic carbocycles. The second kappa shape index (κ2) is 7.87. The van der Waals surface area contributed by atoms with Gasteiger partial charge in [-0.25, -0.2) is 4.79 Å². The maximum atomic E-state index is 12.2. The average molecular weight is 364 g/mol. The van der Waals surface area contributed by atoms with E-state index in [0.717, 1.165) is 4.88 Å². The molecule has 0 saturated carbocycles. The summed E-state index contributed by atoms with van der Waals surface area (Å²) >= 11 is 1.56. The summed E-state index contributed by atoms with van der Waals surface area (Å²) in [5, 5.41) is 4.86. The van der Waals surface area contributed by atoms with Crippen molar-refractivity contribution in [3.63, 3.8) is 0 Å². The van der Waals surface area contributed by atoms with Gasteiger partial charge in [0.25, 0.3) is 0 Å². The fourth-order valence-electron chi connectivity index (χ4n) is 2.50. The molecule has 134 valence electrons. The molecule has 9 heteroatoms. The summed E-state index contributed by atoms with van der Waals surface area (Å²) in [5.41, 5.74) is 0. The van der Waals surface area contributed by atoms with E-state index in [2.05, 4.69) is 10.1 Å².